The minimum absolute atomic E-state index is 0.142. The SMILES string of the molecule is Cc1cc(C)c(CNC(=O)c2cccc(NCC3CCCC3)c2C)c(=O)[nH]1. The lowest BCUT2D eigenvalue weighted by Crippen LogP contribution is -2.28. The highest BCUT2D eigenvalue weighted by Gasteiger charge is 2.16. The molecule has 5 nitrogen and oxygen atoms in total. The van der Waals surface area contributed by atoms with E-state index in [4.69, 9.17) is 0 Å². The van der Waals surface area contributed by atoms with Crippen molar-refractivity contribution in [3.05, 3.63) is 62.6 Å². The van der Waals surface area contributed by atoms with Crippen LogP contribution in [-0.4, -0.2) is 17.4 Å². The van der Waals surface area contributed by atoms with Crippen molar-refractivity contribution in [2.45, 2.75) is 53.0 Å². The molecule has 0 radical (unpaired) electrons. The van der Waals surface area contributed by atoms with Gasteiger partial charge in [0, 0.05) is 35.6 Å². The molecule has 0 saturated heterocycles. The van der Waals surface area contributed by atoms with Gasteiger partial charge in [-0.15, -0.1) is 0 Å². The number of H-pyrrole nitrogens is 1. The first-order valence-electron chi connectivity index (χ1n) is 9.77. The number of hydrogen-bond acceptors (Lipinski definition) is 3. The van der Waals surface area contributed by atoms with Crippen LogP contribution in [0.15, 0.2) is 29.1 Å². The number of aromatic amines is 1. The molecular formula is C22H29N3O2. The van der Waals surface area contributed by atoms with Gasteiger partial charge in [0.2, 0.25) is 0 Å². The van der Waals surface area contributed by atoms with Gasteiger partial charge < -0.3 is 15.6 Å². The van der Waals surface area contributed by atoms with Gasteiger partial charge in [0.15, 0.2) is 0 Å². The van der Waals surface area contributed by atoms with E-state index in [2.05, 4.69) is 15.6 Å². The predicted molar refractivity (Wildman–Crippen MR) is 109 cm³/mol. The first kappa shape index (κ1) is 19.2. The summed E-state index contributed by atoms with van der Waals surface area (Å²) < 4.78 is 0. The number of carbonyl (C=O) groups excluding carboxylic acids is 1. The van der Waals surface area contributed by atoms with Gasteiger partial charge in [0.05, 0.1) is 0 Å². The summed E-state index contributed by atoms with van der Waals surface area (Å²) in [5.74, 6) is 0.578. The van der Waals surface area contributed by atoms with Crippen molar-refractivity contribution >= 4 is 11.6 Å². The Hall–Kier alpha value is -2.56. The molecule has 1 aliphatic rings. The molecule has 0 aliphatic heterocycles. The molecule has 0 atom stereocenters. The zero-order valence-electron chi connectivity index (χ0n) is 16.4. The smallest absolute Gasteiger partial charge is 0.253 e. The van der Waals surface area contributed by atoms with Crippen LogP contribution in [0.3, 0.4) is 0 Å². The third-order valence-corrected chi connectivity index (χ3v) is 5.55. The average molecular weight is 367 g/mol. The van der Waals surface area contributed by atoms with Gasteiger partial charge in [-0.3, -0.25) is 9.59 Å². The van der Waals surface area contributed by atoms with Crippen LogP contribution in [0.1, 0.15) is 58.4 Å². The molecule has 5 heteroatoms. The van der Waals surface area contributed by atoms with Crippen molar-refractivity contribution in [3.8, 4) is 0 Å². The van der Waals surface area contributed by atoms with Crippen LogP contribution in [0, 0.1) is 26.7 Å². The predicted octanol–water partition coefficient (Wildman–Crippen LogP) is 3.83. The fourth-order valence-electron chi connectivity index (χ4n) is 3.91. The van der Waals surface area contributed by atoms with Crippen LogP contribution in [0.5, 0.6) is 0 Å². The summed E-state index contributed by atoms with van der Waals surface area (Å²) in [6.07, 6.45) is 5.23. The van der Waals surface area contributed by atoms with Gasteiger partial charge in [-0.1, -0.05) is 18.9 Å². The second-order valence-electron chi connectivity index (χ2n) is 7.64. The Kier molecular flexibility index (Phi) is 5.99. The quantitative estimate of drug-likeness (QED) is 0.726. The number of amides is 1. The maximum Gasteiger partial charge on any atom is 0.253 e. The molecule has 0 spiro atoms. The molecular weight excluding hydrogens is 338 g/mol. The largest absolute Gasteiger partial charge is 0.385 e. The Morgan fingerprint density at radius 3 is 2.63 bits per heavy atom. The second kappa shape index (κ2) is 8.42. The van der Waals surface area contributed by atoms with Gasteiger partial charge in [-0.25, -0.2) is 0 Å². The van der Waals surface area contributed by atoms with Gasteiger partial charge in [0.25, 0.3) is 11.5 Å². The number of nitrogens with one attached hydrogen (secondary N) is 3. The normalized spacial score (nSPS) is 14.3. The lowest BCUT2D eigenvalue weighted by molar-refractivity contribution is 0.0950. The van der Waals surface area contributed by atoms with Gasteiger partial charge in [0.1, 0.15) is 0 Å². The molecule has 3 rings (SSSR count). The minimum atomic E-state index is -0.156. The van der Waals surface area contributed by atoms with Crippen molar-refractivity contribution in [2.75, 3.05) is 11.9 Å². The second-order valence-corrected chi connectivity index (χ2v) is 7.64. The minimum Gasteiger partial charge on any atom is -0.385 e. The fraction of sp³-hybridized carbons (Fsp3) is 0.455. The summed E-state index contributed by atoms with van der Waals surface area (Å²) in [4.78, 5) is 27.6. The number of aryl methyl sites for hydroxylation is 2. The molecule has 1 aromatic heterocycles. The molecule has 0 bridgehead atoms. The number of rotatable bonds is 6. The zero-order chi connectivity index (χ0) is 19.4. The average Bonchev–Trinajstić information content (AvgIpc) is 3.13. The molecule has 1 amide bonds. The van der Waals surface area contributed by atoms with E-state index in [0.29, 0.717) is 11.1 Å². The monoisotopic (exact) mass is 367 g/mol. The molecule has 1 fully saturated rings. The van der Waals surface area contributed by atoms with Crippen molar-refractivity contribution < 1.29 is 4.79 Å². The van der Waals surface area contributed by atoms with Crippen LogP contribution in [0.4, 0.5) is 5.69 Å². The Bertz CT molecular complexity index is 880. The first-order chi connectivity index (χ1) is 13.0. The molecule has 3 N–H and O–H groups in total. The van der Waals surface area contributed by atoms with Crippen LogP contribution in [-0.2, 0) is 6.54 Å². The number of aromatic nitrogens is 1. The lowest BCUT2D eigenvalue weighted by atomic mass is 10.0. The van der Waals surface area contributed by atoms with E-state index >= 15 is 0 Å². The fourth-order valence-corrected chi connectivity index (χ4v) is 3.91. The topological polar surface area (TPSA) is 74.0 Å². The standard InChI is InChI=1S/C22H29N3O2/c1-14-11-15(2)25-22(27)19(14)13-24-21(26)18-9-6-10-20(16(18)3)23-12-17-7-4-5-8-17/h6,9-11,17,23H,4-5,7-8,12-13H2,1-3H3,(H,24,26)(H,25,27). The number of benzene rings is 1. The van der Waals surface area contributed by atoms with E-state index in [-0.39, 0.29) is 18.0 Å². The zero-order valence-corrected chi connectivity index (χ0v) is 16.4. The highest BCUT2D eigenvalue weighted by molar-refractivity contribution is 5.97. The van der Waals surface area contributed by atoms with E-state index < -0.39 is 0 Å². The molecule has 2 aromatic rings. The number of carbonyl (C=O) groups is 1. The van der Waals surface area contributed by atoms with Crippen LogP contribution in [0.25, 0.3) is 0 Å². The maximum atomic E-state index is 12.7. The Morgan fingerprint density at radius 1 is 1.19 bits per heavy atom. The molecule has 27 heavy (non-hydrogen) atoms. The number of anilines is 1. The highest BCUT2D eigenvalue weighted by atomic mass is 16.1. The van der Waals surface area contributed by atoms with Crippen molar-refractivity contribution in [1.29, 1.82) is 0 Å². The number of hydrogen-bond donors (Lipinski definition) is 3. The highest BCUT2D eigenvalue weighted by Crippen LogP contribution is 2.26. The summed E-state index contributed by atoms with van der Waals surface area (Å²) in [5, 5.41) is 6.41. The summed E-state index contributed by atoms with van der Waals surface area (Å²) in [6, 6.07) is 7.68. The van der Waals surface area contributed by atoms with Gasteiger partial charge in [-0.05, 0) is 68.9 Å². The molecule has 144 valence electrons. The molecule has 0 unspecified atom stereocenters. The van der Waals surface area contributed by atoms with Crippen LogP contribution < -0.4 is 16.2 Å². The third-order valence-electron chi connectivity index (χ3n) is 5.55. The van der Waals surface area contributed by atoms with E-state index in [1.54, 1.807) is 0 Å². The van der Waals surface area contributed by atoms with Crippen molar-refractivity contribution in [3.63, 3.8) is 0 Å². The van der Waals surface area contributed by atoms with Crippen molar-refractivity contribution in [1.82, 2.24) is 10.3 Å². The van der Waals surface area contributed by atoms with Crippen molar-refractivity contribution in [2.24, 2.45) is 5.92 Å². The molecule has 1 aromatic carbocycles. The summed E-state index contributed by atoms with van der Waals surface area (Å²) in [7, 11) is 0. The van der Waals surface area contributed by atoms with E-state index in [0.717, 1.165) is 35.0 Å². The Labute approximate surface area is 160 Å². The lowest BCUT2D eigenvalue weighted by Gasteiger charge is -2.16. The van der Waals surface area contributed by atoms with E-state index in [1.807, 2.05) is 45.0 Å². The van der Waals surface area contributed by atoms with E-state index in [1.165, 1.54) is 25.7 Å². The molecule has 1 heterocycles. The Morgan fingerprint density at radius 2 is 1.93 bits per heavy atom. The van der Waals surface area contributed by atoms with Crippen LogP contribution >= 0.6 is 0 Å². The maximum absolute atomic E-state index is 12.7. The molecule has 1 saturated carbocycles. The van der Waals surface area contributed by atoms with Crippen LogP contribution in [0.2, 0.25) is 0 Å². The van der Waals surface area contributed by atoms with Gasteiger partial charge in [-0.2, -0.15) is 0 Å². The molecule has 1 aliphatic carbocycles. The third kappa shape index (κ3) is 4.59. The number of pyridine rings is 1. The first-order valence-corrected chi connectivity index (χ1v) is 9.77. The van der Waals surface area contributed by atoms with Gasteiger partial charge >= 0.3 is 0 Å². The summed E-state index contributed by atoms with van der Waals surface area (Å²) in [5.41, 5.74) is 4.78. The summed E-state index contributed by atoms with van der Waals surface area (Å²) in [6.45, 7) is 6.89. The Balaban J connectivity index is 1.68. The summed E-state index contributed by atoms with van der Waals surface area (Å²) >= 11 is 0. The van der Waals surface area contributed by atoms with E-state index in [9.17, 15) is 9.59 Å².